The van der Waals surface area contributed by atoms with Crippen molar-refractivity contribution in [2.75, 3.05) is 0 Å². The van der Waals surface area contributed by atoms with Crippen molar-refractivity contribution >= 4 is 0 Å². The van der Waals surface area contributed by atoms with Crippen LogP contribution in [0.2, 0.25) is 0 Å². The van der Waals surface area contributed by atoms with Crippen molar-refractivity contribution < 1.29 is 0 Å². The highest BCUT2D eigenvalue weighted by atomic mass is 14.5. The lowest BCUT2D eigenvalue weighted by atomic mass is 9.62. The van der Waals surface area contributed by atoms with Crippen LogP contribution in [0.15, 0.2) is 23.3 Å². The minimum Gasteiger partial charge on any atom is -0.0847 e. The van der Waals surface area contributed by atoms with Crippen LogP contribution in [0.3, 0.4) is 0 Å². The Kier molecular flexibility index (Phi) is 2.79. The van der Waals surface area contributed by atoms with Crippen LogP contribution in [0, 0.1) is 17.3 Å². The maximum absolute atomic E-state index is 2.50. The summed E-state index contributed by atoms with van der Waals surface area (Å²) in [5, 5.41) is 0. The van der Waals surface area contributed by atoms with E-state index >= 15 is 0 Å². The first-order valence-corrected chi connectivity index (χ1v) is 6.39. The fourth-order valence-electron chi connectivity index (χ4n) is 3.61. The van der Waals surface area contributed by atoms with Crippen LogP contribution in [0.5, 0.6) is 0 Å². The van der Waals surface area contributed by atoms with Gasteiger partial charge in [0.15, 0.2) is 0 Å². The van der Waals surface area contributed by atoms with Gasteiger partial charge in [-0.1, -0.05) is 37.1 Å². The van der Waals surface area contributed by atoms with Crippen molar-refractivity contribution in [2.24, 2.45) is 17.3 Å². The van der Waals surface area contributed by atoms with Crippen LogP contribution >= 0.6 is 0 Å². The maximum atomic E-state index is 2.50. The molecular formula is C15H24. The Morgan fingerprint density at radius 2 is 2.00 bits per heavy atom. The van der Waals surface area contributed by atoms with Gasteiger partial charge in [0.25, 0.3) is 0 Å². The largest absolute Gasteiger partial charge is 0.0847 e. The molecule has 2 aliphatic carbocycles. The highest BCUT2D eigenvalue weighted by Crippen LogP contribution is 2.54. The first kappa shape index (κ1) is 11.0. The van der Waals surface area contributed by atoms with Crippen molar-refractivity contribution in [3.63, 3.8) is 0 Å². The molecule has 0 fully saturated rings. The molecule has 0 aromatic carbocycles. The summed E-state index contributed by atoms with van der Waals surface area (Å²) in [5.74, 6) is 1.72. The van der Waals surface area contributed by atoms with E-state index in [0.717, 1.165) is 11.8 Å². The number of hydrogen-bond acceptors (Lipinski definition) is 0. The molecule has 2 rings (SSSR count). The molecule has 0 aromatic rings. The first-order valence-electron chi connectivity index (χ1n) is 6.39. The normalized spacial score (nSPS) is 35.9. The summed E-state index contributed by atoms with van der Waals surface area (Å²) in [6.45, 7) is 9.43. The Labute approximate surface area is 94.5 Å². The number of hydrogen-bond donors (Lipinski definition) is 0. The summed E-state index contributed by atoms with van der Waals surface area (Å²) in [5.41, 5.74) is 3.81. The standard InChI is InChI=1S/C15H24/c1-11(2)14-6-5-13(4)15(14)9-7-12(3)8-10-15/h5,7,11,14H,6,8-10H2,1-4H3/t14-,15+/m0/s1. The van der Waals surface area contributed by atoms with Gasteiger partial charge in [0.05, 0.1) is 0 Å². The summed E-state index contributed by atoms with van der Waals surface area (Å²) in [4.78, 5) is 0. The minimum absolute atomic E-state index is 0.535. The van der Waals surface area contributed by atoms with Gasteiger partial charge in [-0.05, 0) is 56.8 Å². The summed E-state index contributed by atoms with van der Waals surface area (Å²) in [7, 11) is 0. The van der Waals surface area contributed by atoms with Gasteiger partial charge in [-0.2, -0.15) is 0 Å². The fraction of sp³-hybridized carbons (Fsp3) is 0.733. The topological polar surface area (TPSA) is 0 Å². The van der Waals surface area contributed by atoms with Gasteiger partial charge in [-0.15, -0.1) is 0 Å². The molecule has 0 radical (unpaired) electrons. The van der Waals surface area contributed by atoms with E-state index in [-0.39, 0.29) is 0 Å². The summed E-state index contributed by atoms with van der Waals surface area (Å²) in [6.07, 6.45) is 10.3. The number of allylic oxidation sites excluding steroid dienone is 4. The smallest absolute Gasteiger partial charge is 0.00197 e. The monoisotopic (exact) mass is 204 g/mol. The van der Waals surface area contributed by atoms with Crippen LogP contribution < -0.4 is 0 Å². The first-order chi connectivity index (χ1) is 7.06. The van der Waals surface area contributed by atoms with Crippen LogP contribution in [0.4, 0.5) is 0 Å². The van der Waals surface area contributed by atoms with Crippen LogP contribution in [0.25, 0.3) is 0 Å². The quantitative estimate of drug-likeness (QED) is 0.542. The molecule has 0 aromatic heterocycles. The van der Waals surface area contributed by atoms with Crippen molar-refractivity contribution in [3.05, 3.63) is 23.3 Å². The Morgan fingerprint density at radius 3 is 2.53 bits per heavy atom. The molecule has 2 atom stereocenters. The van der Waals surface area contributed by atoms with E-state index < -0.39 is 0 Å². The molecule has 84 valence electrons. The van der Waals surface area contributed by atoms with Crippen LogP contribution in [-0.2, 0) is 0 Å². The molecule has 0 amide bonds. The zero-order chi connectivity index (χ0) is 11.1. The predicted octanol–water partition coefficient (Wildman–Crippen LogP) is 4.73. The SMILES string of the molecule is CC1=CC[C@@]2(CC1)C(C)=CC[C@H]2C(C)C. The molecule has 0 saturated heterocycles. The third-order valence-electron chi connectivity index (χ3n) is 4.76. The van der Waals surface area contributed by atoms with E-state index in [1.54, 1.807) is 11.1 Å². The molecule has 15 heavy (non-hydrogen) atoms. The van der Waals surface area contributed by atoms with Gasteiger partial charge < -0.3 is 0 Å². The lowest BCUT2D eigenvalue weighted by Crippen LogP contribution is -2.32. The molecule has 0 N–H and O–H groups in total. The lowest BCUT2D eigenvalue weighted by Gasteiger charge is -2.42. The molecule has 0 unspecified atom stereocenters. The third kappa shape index (κ3) is 1.68. The van der Waals surface area contributed by atoms with Gasteiger partial charge in [0.2, 0.25) is 0 Å². The zero-order valence-corrected chi connectivity index (χ0v) is 10.6. The van der Waals surface area contributed by atoms with Gasteiger partial charge in [0.1, 0.15) is 0 Å². The van der Waals surface area contributed by atoms with E-state index in [0.29, 0.717) is 5.41 Å². The van der Waals surface area contributed by atoms with E-state index in [4.69, 9.17) is 0 Å². The molecule has 0 heterocycles. The van der Waals surface area contributed by atoms with Crippen molar-refractivity contribution in [1.29, 1.82) is 0 Å². The van der Waals surface area contributed by atoms with Crippen LogP contribution in [-0.4, -0.2) is 0 Å². The zero-order valence-electron chi connectivity index (χ0n) is 10.6. The second-order valence-corrected chi connectivity index (χ2v) is 5.88. The van der Waals surface area contributed by atoms with Crippen LogP contribution in [0.1, 0.15) is 53.4 Å². The molecule has 1 spiro atoms. The summed E-state index contributed by atoms with van der Waals surface area (Å²) in [6, 6.07) is 0. The summed E-state index contributed by atoms with van der Waals surface area (Å²) < 4.78 is 0. The Bertz CT molecular complexity index is 306. The predicted molar refractivity (Wildman–Crippen MR) is 66.7 cm³/mol. The van der Waals surface area contributed by atoms with Gasteiger partial charge in [-0.25, -0.2) is 0 Å². The second kappa shape index (κ2) is 3.81. The van der Waals surface area contributed by atoms with Gasteiger partial charge in [0, 0.05) is 0 Å². The van der Waals surface area contributed by atoms with E-state index in [9.17, 15) is 0 Å². The molecule has 0 aliphatic heterocycles. The molecule has 2 aliphatic rings. The molecule has 0 heteroatoms. The minimum atomic E-state index is 0.535. The van der Waals surface area contributed by atoms with Gasteiger partial charge >= 0.3 is 0 Å². The molecular weight excluding hydrogens is 180 g/mol. The fourth-order valence-corrected chi connectivity index (χ4v) is 3.61. The highest BCUT2D eigenvalue weighted by molar-refractivity contribution is 5.26. The molecule has 0 saturated carbocycles. The number of rotatable bonds is 1. The van der Waals surface area contributed by atoms with Crippen molar-refractivity contribution in [1.82, 2.24) is 0 Å². The molecule has 0 nitrogen and oxygen atoms in total. The third-order valence-corrected chi connectivity index (χ3v) is 4.76. The van der Waals surface area contributed by atoms with Crippen molar-refractivity contribution in [2.45, 2.75) is 53.4 Å². The van der Waals surface area contributed by atoms with E-state index in [2.05, 4.69) is 39.8 Å². The van der Waals surface area contributed by atoms with E-state index in [1.165, 1.54) is 25.7 Å². The lowest BCUT2D eigenvalue weighted by molar-refractivity contribution is 0.158. The highest BCUT2D eigenvalue weighted by Gasteiger charge is 2.44. The van der Waals surface area contributed by atoms with Crippen molar-refractivity contribution in [3.8, 4) is 0 Å². The Morgan fingerprint density at radius 1 is 1.27 bits per heavy atom. The Balaban J connectivity index is 2.27. The Hall–Kier alpha value is -0.520. The maximum Gasteiger partial charge on any atom is -0.00197 e. The molecule has 0 bridgehead atoms. The average molecular weight is 204 g/mol. The van der Waals surface area contributed by atoms with Gasteiger partial charge in [-0.3, -0.25) is 0 Å². The average Bonchev–Trinajstić information content (AvgIpc) is 2.50. The second-order valence-electron chi connectivity index (χ2n) is 5.88. The van der Waals surface area contributed by atoms with E-state index in [1.807, 2.05) is 0 Å². The summed E-state index contributed by atoms with van der Waals surface area (Å²) >= 11 is 0.